The van der Waals surface area contributed by atoms with Crippen molar-refractivity contribution < 1.29 is 14.6 Å². The Morgan fingerprint density at radius 2 is 1.77 bits per heavy atom. The number of nitrogens with one attached hydrogen (secondary N) is 1. The van der Waals surface area contributed by atoms with E-state index in [-0.39, 0.29) is 0 Å². The molecule has 0 bridgehead atoms. The molecule has 0 saturated carbocycles. The van der Waals surface area contributed by atoms with Gasteiger partial charge in [-0.1, -0.05) is 24.3 Å². The molecule has 0 atom stereocenters. The number of ether oxygens (including phenoxy) is 2. The van der Waals surface area contributed by atoms with Gasteiger partial charge in [0, 0.05) is 22.5 Å². The minimum atomic E-state index is 0.319. The molecule has 1 aromatic heterocycles. The molecule has 4 nitrogen and oxygen atoms in total. The van der Waals surface area contributed by atoms with Crippen molar-refractivity contribution in [1.82, 2.24) is 5.32 Å². The zero-order valence-corrected chi connectivity index (χ0v) is 15.8. The van der Waals surface area contributed by atoms with Crippen molar-refractivity contribution in [3.63, 3.8) is 0 Å². The van der Waals surface area contributed by atoms with Crippen LogP contribution in [0.5, 0.6) is 17.2 Å². The van der Waals surface area contributed by atoms with Crippen molar-refractivity contribution in [3.8, 4) is 27.7 Å². The lowest BCUT2D eigenvalue weighted by Crippen LogP contribution is -2.17. The lowest BCUT2D eigenvalue weighted by atomic mass is 10.0. The molecule has 0 aliphatic heterocycles. The molecule has 3 aromatic rings. The SMILES string of the molecule is COc1cc(-c2cccs2)c(OC)cc1CCNCc1ccccc1O. The summed E-state index contributed by atoms with van der Waals surface area (Å²) >= 11 is 1.68. The third kappa shape index (κ3) is 4.18. The lowest BCUT2D eigenvalue weighted by molar-refractivity contribution is 0.399. The molecule has 2 N–H and O–H groups in total. The van der Waals surface area contributed by atoms with Crippen LogP contribution in [0.25, 0.3) is 10.4 Å². The number of aromatic hydroxyl groups is 1. The van der Waals surface area contributed by atoms with Crippen LogP contribution >= 0.6 is 11.3 Å². The van der Waals surface area contributed by atoms with Crippen LogP contribution < -0.4 is 14.8 Å². The first kappa shape index (κ1) is 18.3. The van der Waals surface area contributed by atoms with Gasteiger partial charge in [0.15, 0.2) is 0 Å². The monoisotopic (exact) mass is 369 g/mol. The maximum atomic E-state index is 9.82. The van der Waals surface area contributed by atoms with Gasteiger partial charge < -0.3 is 19.9 Å². The van der Waals surface area contributed by atoms with E-state index in [1.54, 1.807) is 31.6 Å². The number of hydrogen-bond donors (Lipinski definition) is 2. The van der Waals surface area contributed by atoms with Gasteiger partial charge in [-0.2, -0.15) is 0 Å². The molecule has 0 amide bonds. The summed E-state index contributed by atoms with van der Waals surface area (Å²) in [7, 11) is 3.39. The summed E-state index contributed by atoms with van der Waals surface area (Å²) < 4.78 is 11.2. The predicted molar refractivity (Wildman–Crippen MR) is 106 cm³/mol. The number of phenolic OH excluding ortho intramolecular Hbond substituents is 1. The molecule has 0 radical (unpaired) electrons. The van der Waals surface area contributed by atoms with Crippen LogP contribution in [-0.2, 0) is 13.0 Å². The average molecular weight is 369 g/mol. The number of thiophene rings is 1. The standard InChI is InChI=1S/C21H23NO3S/c1-24-19-13-17(21-8-5-11-26-21)20(25-2)12-15(19)9-10-22-14-16-6-3-4-7-18(16)23/h3-8,11-13,22-23H,9-10,14H2,1-2H3. The van der Waals surface area contributed by atoms with E-state index in [1.165, 1.54) is 0 Å². The van der Waals surface area contributed by atoms with Crippen molar-refractivity contribution in [2.24, 2.45) is 0 Å². The van der Waals surface area contributed by atoms with Crippen molar-refractivity contribution in [3.05, 3.63) is 65.0 Å². The fourth-order valence-corrected chi connectivity index (χ4v) is 3.63. The zero-order valence-electron chi connectivity index (χ0n) is 15.0. The first-order valence-electron chi connectivity index (χ1n) is 8.49. The molecular weight excluding hydrogens is 346 g/mol. The second kappa shape index (κ2) is 8.74. The van der Waals surface area contributed by atoms with Crippen LogP contribution in [0.2, 0.25) is 0 Å². The van der Waals surface area contributed by atoms with Crippen LogP contribution in [0, 0.1) is 0 Å². The van der Waals surface area contributed by atoms with E-state index in [2.05, 4.69) is 22.8 Å². The molecule has 3 rings (SSSR count). The molecule has 5 heteroatoms. The van der Waals surface area contributed by atoms with E-state index in [1.807, 2.05) is 30.3 Å². The summed E-state index contributed by atoms with van der Waals surface area (Å²) in [5, 5.41) is 15.2. The summed E-state index contributed by atoms with van der Waals surface area (Å²) in [4.78, 5) is 1.16. The number of hydrogen-bond acceptors (Lipinski definition) is 5. The second-order valence-corrected chi connectivity index (χ2v) is 6.84. The molecule has 0 fully saturated rings. The quantitative estimate of drug-likeness (QED) is 0.575. The Hall–Kier alpha value is -2.50. The molecule has 0 aliphatic rings. The highest BCUT2D eigenvalue weighted by Gasteiger charge is 2.13. The van der Waals surface area contributed by atoms with Crippen molar-refractivity contribution >= 4 is 11.3 Å². The van der Waals surface area contributed by atoms with Gasteiger partial charge in [0.1, 0.15) is 17.2 Å². The molecule has 1 heterocycles. The van der Waals surface area contributed by atoms with Crippen LogP contribution in [-0.4, -0.2) is 25.9 Å². The van der Waals surface area contributed by atoms with Crippen molar-refractivity contribution in [2.45, 2.75) is 13.0 Å². The fraction of sp³-hybridized carbons (Fsp3) is 0.238. The minimum absolute atomic E-state index is 0.319. The lowest BCUT2D eigenvalue weighted by Gasteiger charge is -2.15. The highest BCUT2D eigenvalue weighted by atomic mass is 32.1. The number of rotatable bonds is 8. The third-order valence-corrected chi connectivity index (χ3v) is 5.17. The molecule has 0 unspecified atom stereocenters. The van der Waals surface area contributed by atoms with Crippen molar-refractivity contribution in [2.75, 3.05) is 20.8 Å². The van der Waals surface area contributed by atoms with Gasteiger partial charge >= 0.3 is 0 Å². The molecular formula is C21H23NO3S. The number of phenols is 1. The van der Waals surface area contributed by atoms with E-state index in [4.69, 9.17) is 9.47 Å². The topological polar surface area (TPSA) is 50.7 Å². The van der Waals surface area contributed by atoms with E-state index in [0.717, 1.165) is 46.0 Å². The number of benzene rings is 2. The summed E-state index contributed by atoms with van der Waals surface area (Å²) in [6.45, 7) is 1.39. The number of para-hydroxylation sites is 1. The van der Waals surface area contributed by atoms with Crippen LogP contribution in [0.4, 0.5) is 0 Å². The van der Waals surface area contributed by atoms with Crippen LogP contribution in [0.3, 0.4) is 0 Å². The number of methoxy groups -OCH3 is 2. The summed E-state index contributed by atoms with van der Waals surface area (Å²) in [5.41, 5.74) is 3.03. The third-order valence-electron chi connectivity index (χ3n) is 4.27. The Balaban J connectivity index is 1.70. The van der Waals surface area contributed by atoms with Crippen LogP contribution in [0.1, 0.15) is 11.1 Å². The largest absolute Gasteiger partial charge is 0.508 e. The van der Waals surface area contributed by atoms with Gasteiger partial charge in [-0.25, -0.2) is 0 Å². The average Bonchev–Trinajstić information content (AvgIpc) is 3.20. The first-order chi connectivity index (χ1) is 12.7. The molecule has 2 aromatic carbocycles. The van der Waals surface area contributed by atoms with Gasteiger partial charge in [0.05, 0.1) is 14.2 Å². The maximum absolute atomic E-state index is 9.82. The molecule has 26 heavy (non-hydrogen) atoms. The first-order valence-corrected chi connectivity index (χ1v) is 9.37. The van der Waals surface area contributed by atoms with Gasteiger partial charge in [-0.05, 0) is 48.2 Å². The Kier molecular flexibility index (Phi) is 6.15. The molecule has 0 aliphatic carbocycles. The highest BCUT2D eigenvalue weighted by Crippen LogP contribution is 2.38. The highest BCUT2D eigenvalue weighted by molar-refractivity contribution is 7.13. The van der Waals surface area contributed by atoms with Gasteiger partial charge in [0.2, 0.25) is 0 Å². The van der Waals surface area contributed by atoms with Crippen LogP contribution in [0.15, 0.2) is 53.9 Å². The zero-order chi connectivity index (χ0) is 18.4. The van der Waals surface area contributed by atoms with E-state index in [9.17, 15) is 5.11 Å². The van der Waals surface area contributed by atoms with Gasteiger partial charge in [-0.15, -0.1) is 11.3 Å². The van der Waals surface area contributed by atoms with Gasteiger partial charge in [0.25, 0.3) is 0 Å². The van der Waals surface area contributed by atoms with Crippen molar-refractivity contribution in [1.29, 1.82) is 0 Å². The molecule has 0 saturated heterocycles. The van der Waals surface area contributed by atoms with E-state index >= 15 is 0 Å². The second-order valence-electron chi connectivity index (χ2n) is 5.90. The maximum Gasteiger partial charge on any atom is 0.128 e. The minimum Gasteiger partial charge on any atom is -0.508 e. The Bertz CT molecular complexity index is 846. The van der Waals surface area contributed by atoms with E-state index in [0.29, 0.717) is 12.3 Å². The Morgan fingerprint density at radius 1 is 0.962 bits per heavy atom. The Labute approximate surface area is 158 Å². The smallest absolute Gasteiger partial charge is 0.128 e. The Morgan fingerprint density at radius 3 is 2.46 bits per heavy atom. The van der Waals surface area contributed by atoms with E-state index < -0.39 is 0 Å². The summed E-state index contributed by atoms with van der Waals surface area (Å²) in [6, 6.07) is 15.6. The molecule has 136 valence electrons. The molecule has 0 spiro atoms. The fourth-order valence-electron chi connectivity index (χ4n) is 2.89. The summed E-state index contributed by atoms with van der Waals surface area (Å²) in [5.74, 6) is 2.03. The normalized spacial score (nSPS) is 10.7. The summed E-state index contributed by atoms with van der Waals surface area (Å²) in [6.07, 6.45) is 0.803. The predicted octanol–water partition coefficient (Wildman–Crippen LogP) is 4.47. The van der Waals surface area contributed by atoms with Gasteiger partial charge in [-0.3, -0.25) is 0 Å².